The van der Waals surface area contributed by atoms with E-state index in [0.29, 0.717) is 16.1 Å². The molecule has 0 fully saturated rings. The summed E-state index contributed by atoms with van der Waals surface area (Å²) in [6.45, 7) is 0.271. The third-order valence-electron chi connectivity index (χ3n) is 3.76. The maximum Gasteiger partial charge on any atom is 0.360 e. The Labute approximate surface area is 154 Å². The molecule has 0 aliphatic rings. The molecule has 0 unspecified atom stereocenters. The topological polar surface area (TPSA) is 81.4 Å². The van der Waals surface area contributed by atoms with E-state index in [1.807, 2.05) is 18.2 Å². The van der Waals surface area contributed by atoms with Crippen LogP contribution in [0.5, 0.6) is 0 Å². The summed E-state index contributed by atoms with van der Waals surface area (Å²) in [4.78, 5) is 28.4. The fourth-order valence-corrected chi connectivity index (χ4v) is 2.67. The maximum atomic E-state index is 12.7. The van der Waals surface area contributed by atoms with Crippen LogP contribution in [0.15, 0.2) is 59.3 Å². The number of carbonyl (C=O) groups is 2. The maximum absolute atomic E-state index is 12.7. The molecule has 1 heterocycles. The fourth-order valence-electron chi connectivity index (χ4n) is 2.47. The predicted octanol–water partition coefficient (Wildman–Crippen LogP) is 3.71. The molecule has 0 bridgehead atoms. The third-order valence-corrected chi connectivity index (χ3v) is 4.13. The third kappa shape index (κ3) is 3.60. The molecule has 0 spiro atoms. The fraction of sp³-hybridized carbons (Fsp3) is 0.105. The van der Waals surface area contributed by atoms with Crippen LogP contribution < -0.4 is 5.32 Å². The molecular weight excluding hydrogens is 356 g/mol. The molecule has 3 aromatic rings. The first-order valence-electron chi connectivity index (χ1n) is 7.74. The van der Waals surface area contributed by atoms with Crippen LogP contribution in [-0.2, 0) is 11.3 Å². The zero-order valence-electron chi connectivity index (χ0n) is 13.9. The molecule has 1 aromatic heterocycles. The number of nitrogens with zero attached hydrogens (tertiary/aromatic N) is 1. The summed E-state index contributed by atoms with van der Waals surface area (Å²) in [5.41, 5.74) is 1.61. The summed E-state index contributed by atoms with van der Waals surface area (Å²) < 4.78 is 10.0. The zero-order chi connectivity index (χ0) is 18.5. The van der Waals surface area contributed by atoms with Crippen molar-refractivity contribution in [3.63, 3.8) is 0 Å². The normalized spacial score (nSPS) is 10.4. The second-order valence-electron chi connectivity index (χ2n) is 5.34. The number of ether oxygens (including phenoxy) is 1. The molecule has 0 saturated heterocycles. The van der Waals surface area contributed by atoms with Crippen molar-refractivity contribution in [1.29, 1.82) is 0 Å². The highest BCUT2D eigenvalue weighted by atomic mass is 35.5. The van der Waals surface area contributed by atoms with Crippen LogP contribution in [0, 0.1) is 0 Å². The lowest BCUT2D eigenvalue weighted by Gasteiger charge is -2.10. The zero-order valence-corrected chi connectivity index (χ0v) is 14.6. The number of esters is 1. The van der Waals surface area contributed by atoms with E-state index in [2.05, 4.69) is 10.3 Å². The molecule has 1 N–H and O–H groups in total. The molecule has 0 saturated carbocycles. The SMILES string of the molecule is COC(=O)c1ncoc1-c1ccccc1C(=O)NCc1ccccc1Cl. The highest BCUT2D eigenvalue weighted by Crippen LogP contribution is 2.27. The van der Waals surface area contributed by atoms with Gasteiger partial charge in [-0.05, 0) is 17.7 Å². The van der Waals surface area contributed by atoms with Gasteiger partial charge in [0, 0.05) is 17.1 Å². The summed E-state index contributed by atoms with van der Waals surface area (Å²) in [6, 6.07) is 14.0. The monoisotopic (exact) mass is 370 g/mol. The number of aromatic nitrogens is 1. The van der Waals surface area contributed by atoms with Crippen LogP contribution in [0.3, 0.4) is 0 Å². The predicted molar refractivity (Wildman–Crippen MR) is 95.9 cm³/mol. The molecule has 1 amide bonds. The van der Waals surface area contributed by atoms with Crippen molar-refractivity contribution in [1.82, 2.24) is 10.3 Å². The first-order chi connectivity index (χ1) is 12.6. The molecule has 2 aromatic carbocycles. The van der Waals surface area contributed by atoms with E-state index in [4.69, 9.17) is 20.8 Å². The Hall–Kier alpha value is -3.12. The van der Waals surface area contributed by atoms with E-state index in [1.54, 1.807) is 30.3 Å². The van der Waals surface area contributed by atoms with Crippen LogP contribution in [0.4, 0.5) is 0 Å². The molecule has 0 aliphatic carbocycles. The van der Waals surface area contributed by atoms with Gasteiger partial charge >= 0.3 is 5.97 Å². The number of nitrogens with one attached hydrogen (secondary N) is 1. The average molecular weight is 371 g/mol. The van der Waals surface area contributed by atoms with Crippen molar-refractivity contribution in [2.75, 3.05) is 7.11 Å². The minimum atomic E-state index is -0.639. The van der Waals surface area contributed by atoms with Gasteiger partial charge in [-0.15, -0.1) is 0 Å². The van der Waals surface area contributed by atoms with Crippen molar-refractivity contribution in [3.05, 3.63) is 76.8 Å². The molecule has 0 radical (unpaired) electrons. The molecule has 0 atom stereocenters. The quantitative estimate of drug-likeness (QED) is 0.692. The number of benzene rings is 2. The average Bonchev–Trinajstić information content (AvgIpc) is 3.16. The summed E-state index contributed by atoms with van der Waals surface area (Å²) >= 11 is 6.11. The summed E-state index contributed by atoms with van der Waals surface area (Å²) in [5, 5.41) is 3.39. The number of carbonyl (C=O) groups excluding carboxylic acids is 2. The highest BCUT2D eigenvalue weighted by Gasteiger charge is 2.23. The number of rotatable bonds is 5. The Kier molecular flexibility index (Phi) is 5.34. The number of hydrogen-bond donors (Lipinski definition) is 1. The van der Waals surface area contributed by atoms with Crippen LogP contribution in [0.1, 0.15) is 26.4 Å². The number of halogens is 1. The lowest BCUT2D eigenvalue weighted by molar-refractivity contribution is 0.0595. The second-order valence-corrected chi connectivity index (χ2v) is 5.75. The molecule has 132 valence electrons. The van der Waals surface area contributed by atoms with Crippen molar-refractivity contribution >= 4 is 23.5 Å². The van der Waals surface area contributed by atoms with Gasteiger partial charge in [0.2, 0.25) is 0 Å². The number of oxazole rings is 1. The van der Waals surface area contributed by atoms with Crippen molar-refractivity contribution in [3.8, 4) is 11.3 Å². The van der Waals surface area contributed by atoms with Gasteiger partial charge in [0.05, 0.1) is 12.7 Å². The Morgan fingerprint density at radius 3 is 2.65 bits per heavy atom. The lowest BCUT2D eigenvalue weighted by Crippen LogP contribution is -2.23. The minimum absolute atomic E-state index is 0.0128. The van der Waals surface area contributed by atoms with E-state index >= 15 is 0 Å². The minimum Gasteiger partial charge on any atom is -0.464 e. The Bertz CT molecular complexity index is 952. The van der Waals surface area contributed by atoms with E-state index in [-0.39, 0.29) is 23.9 Å². The highest BCUT2D eigenvalue weighted by molar-refractivity contribution is 6.31. The van der Waals surface area contributed by atoms with Crippen molar-refractivity contribution in [2.24, 2.45) is 0 Å². The van der Waals surface area contributed by atoms with Crippen LogP contribution in [-0.4, -0.2) is 24.0 Å². The first kappa shape index (κ1) is 17.7. The van der Waals surface area contributed by atoms with Gasteiger partial charge in [-0.25, -0.2) is 9.78 Å². The molecule has 3 rings (SSSR count). The summed E-state index contributed by atoms with van der Waals surface area (Å²) in [7, 11) is 1.25. The van der Waals surface area contributed by atoms with Gasteiger partial charge in [-0.2, -0.15) is 0 Å². The van der Waals surface area contributed by atoms with Gasteiger partial charge in [0.25, 0.3) is 5.91 Å². The Morgan fingerprint density at radius 2 is 1.88 bits per heavy atom. The lowest BCUT2D eigenvalue weighted by atomic mass is 10.0. The van der Waals surface area contributed by atoms with Crippen LogP contribution in [0.25, 0.3) is 11.3 Å². The van der Waals surface area contributed by atoms with Gasteiger partial charge in [-0.1, -0.05) is 48.0 Å². The van der Waals surface area contributed by atoms with Gasteiger partial charge in [0.1, 0.15) is 0 Å². The Morgan fingerprint density at radius 1 is 1.15 bits per heavy atom. The molecular formula is C19H15ClN2O4. The standard InChI is InChI=1S/C19H15ClN2O4/c1-25-19(24)16-17(26-11-22-16)13-7-3-4-8-14(13)18(23)21-10-12-6-2-5-9-15(12)20/h2-9,11H,10H2,1H3,(H,21,23). The number of methoxy groups -OCH3 is 1. The van der Waals surface area contributed by atoms with Gasteiger partial charge in [-0.3, -0.25) is 4.79 Å². The first-order valence-corrected chi connectivity index (χ1v) is 8.12. The van der Waals surface area contributed by atoms with Crippen LogP contribution >= 0.6 is 11.6 Å². The van der Waals surface area contributed by atoms with E-state index in [9.17, 15) is 9.59 Å². The van der Waals surface area contributed by atoms with E-state index < -0.39 is 5.97 Å². The van der Waals surface area contributed by atoms with E-state index in [0.717, 1.165) is 12.0 Å². The molecule has 6 nitrogen and oxygen atoms in total. The summed E-state index contributed by atoms with van der Waals surface area (Å²) in [6.07, 6.45) is 1.14. The van der Waals surface area contributed by atoms with Gasteiger partial charge < -0.3 is 14.5 Å². The number of hydrogen-bond acceptors (Lipinski definition) is 5. The molecule has 7 heteroatoms. The number of amides is 1. The molecule has 0 aliphatic heterocycles. The summed E-state index contributed by atoms with van der Waals surface area (Å²) in [5.74, 6) is -0.784. The van der Waals surface area contributed by atoms with Crippen molar-refractivity contribution in [2.45, 2.75) is 6.54 Å². The second kappa shape index (κ2) is 7.84. The molecule has 26 heavy (non-hydrogen) atoms. The smallest absolute Gasteiger partial charge is 0.360 e. The van der Waals surface area contributed by atoms with Crippen molar-refractivity contribution < 1.29 is 18.7 Å². The van der Waals surface area contributed by atoms with E-state index in [1.165, 1.54) is 7.11 Å². The Balaban J connectivity index is 1.88. The largest absolute Gasteiger partial charge is 0.464 e. The van der Waals surface area contributed by atoms with Crippen LogP contribution in [0.2, 0.25) is 5.02 Å². The van der Waals surface area contributed by atoms with Gasteiger partial charge in [0.15, 0.2) is 17.8 Å².